The van der Waals surface area contributed by atoms with Gasteiger partial charge in [0.1, 0.15) is 5.82 Å². The number of pyridine rings is 1. The maximum Gasteiger partial charge on any atom is 0.573 e. The third kappa shape index (κ3) is 3.77. The number of ether oxygens (including phenoxy) is 1. The molecule has 0 bridgehead atoms. The first-order valence-electron chi connectivity index (χ1n) is 4.69. The van der Waals surface area contributed by atoms with Gasteiger partial charge < -0.3 is 21.3 Å². The number of nitrogens with zero attached hydrogens (tertiary/aromatic N) is 1. The number of aromatic nitrogens is 1. The molecule has 0 saturated heterocycles. The lowest BCUT2D eigenvalue weighted by Gasteiger charge is -2.14. The summed E-state index contributed by atoms with van der Waals surface area (Å²) in [6.45, 7) is -0.138. The normalized spacial score (nSPS) is 11.3. The molecule has 0 spiro atoms. The minimum Gasteiger partial charge on any atom is -0.481 e. The molecule has 0 radical (unpaired) electrons. The molecule has 0 aliphatic rings. The Balaban J connectivity index is 3.21. The molecule has 1 heterocycles. The average Bonchev–Trinajstić information content (AvgIpc) is 2.19. The molecule has 100 valence electrons. The van der Waals surface area contributed by atoms with Gasteiger partial charge in [-0.15, -0.1) is 13.2 Å². The van der Waals surface area contributed by atoms with Crippen LogP contribution in [0.25, 0.3) is 0 Å². The summed E-state index contributed by atoms with van der Waals surface area (Å²) in [4.78, 5) is 14.1. The van der Waals surface area contributed by atoms with Crippen LogP contribution >= 0.6 is 0 Å². The molecule has 9 heteroatoms. The minimum atomic E-state index is -4.95. The Hall–Kier alpha value is -2.03. The maximum absolute atomic E-state index is 12.1. The molecule has 0 aromatic carbocycles. The van der Waals surface area contributed by atoms with Crippen LogP contribution in [-0.4, -0.2) is 22.4 Å². The Morgan fingerprint density at radius 2 is 2.11 bits per heavy atom. The van der Waals surface area contributed by atoms with E-state index < -0.39 is 30.2 Å². The van der Waals surface area contributed by atoms with Crippen molar-refractivity contribution < 1.29 is 27.8 Å². The van der Waals surface area contributed by atoms with Gasteiger partial charge in [-0.05, 0) is 6.07 Å². The maximum atomic E-state index is 12.1. The van der Waals surface area contributed by atoms with E-state index >= 15 is 0 Å². The number of anilines is 1. The lowest BCUT2D eigenvalue weighted by atomic mass is 10.2. The molecule has 0 aliphatic carbocycles. The van der Waals surface area contributed by atoms with Crippen molar-refractivity contribution in [3.63, 3.8) is 0 Å². The monoisotopic (exact) mass is 265 g/mol. The standard InChI is InChI=1S/C9H10F3N3O3/c10-9(11,12)18-6-1-4(3-13)8(14)15-5(6)2-7(16)17/h1H,2-3,13H2,(H2,14,15)(H,16,17). The van der Waals surface area contributed by atoms with Gasteiger partial charge in [-0.3, -0.25) is 4.79 Å². The summed E-state index contributed by atoms with van der Waals surface area (Å²) in [6, 6.07) is 0.939. The van der Waals surface area contributed by atoms with Gasteiger partial charge in [0.2, 0.25) is 0 Å². The van der Waals surface area contributed by atoms with Crippen LogP contribution in [0, 0.1) is 0 Å². The molecule has 0 saturated carbocycles. The highest BCUT2D eigenvalue weighted by molar-refractivity contribution is 5.71. The molecule has 0 aliphatic heterocycles. The number of halogens is 3. The molecule has 1 aromatic rings. The zero-order chi connectivity index (χ0) is 13.9. The van der Waals surface area contributed by atoms with E-state index in [4.69, 9.17) is 16.6 Å². The van der Waals surface area contributed by atoms with Crippen molar-refractivity contribution in [3.8, 4) is 5.75 Å². The number of alkyl halides is 3. The van der Waals surface area contributed by atoms with Crippen molar-refractivity contribution in [2.45, 2.75) is 19.3 Å². The van der Waals surface area contributed by atoms with Crippen molar-refractivity contribution in [1.82, 2.24) is 4.98 Å². The van der Waals surface area contributed by atoms with Gasteiger partial charge in [-0.2, -0.15) is 0 Å². The van der Waals surface area contributed by atoms with E-state index in [0.717, 1.165) is 6.07 Å². The molecule has 0 amide bonds. The first-order chi connectivity index (χ1) is 8.23. The van der Waals surface area contributed by atoms with E-state index in [9.17, 15) is 18.0 Å². The number of nitrogen functional groups attached to an aromatic ring is 1. The lowest BCUT2D eigenvalue weighted by molar-refractivity contribution is -0.275. The topological polar surface area (TPSA) is 111 Å². The number of hydrogen-bond acceptors (Lipinski definition) is 5. The van der Waals surface area contributed by atoms with E-state index in [2.05, 4.69) is 9.72 Å². The van der Waals surface area contributed by atoms with E-state index in [1.165, 1.54) is 0 Å². The molecule has 5 N–H and O–H groups in total. The molecule has 0 fully saturated rings. The number of carboxylic acid groups (broad SMARTS) is 1. The minimum absolute atomic E-state index is 0.122. The average molecular weight is 265 g/mol. The van der Waals surface area contributed by atoms with Crippen molar-refractivity contribution in [1.29, 1.82) is 0 Å². The van der Waals surface area contributed by atoms with Crippen molar-refractivity contribution in [3.05, 3.63) is 17.3 Å². The summed E-state index contributed by atoms with van der Waals surface area (Å²) < 4.78 is 40.1. The van der Waals surface area contributed by atoms with Crippen LogP contribution in [0.1, 0.15) is 11.3 Å². The molecular weight excluding hydrogens is 255 g/mol. The molecule has 0 atom stereocenters. The predicted octanol–water partition coefficient (Wildman–Crippen LogP) is 0.648. The third-order valence-electron chi connectivity index (χ3n) is 1.94. The predicted molar refractivity (Wildman–Crippen MR) is 54.6 cm³/mol. The van der Waals surface area contributed by atoms with Crippen molar-refractivity contribution in [2.24, 2.45) is 5.73 Å². The smallest absolute Gasteiger partial charge is 0.481 e. The molecule has 18 heavy (non-hydrogen) atoms. The summed E-state index contributed by atoms with van der Waals surface area (Å²) >= 11 is 0. The van der Waals surface area contributed by atoms with E-state index in [0.29, 0.717) is 0 Å². The quantitative estimate of drug-likeness (QED) is 0.736. The second-order valence-electron chi connectivity index (χ2n) is 3.30. The van der Waals surface area contributed by atoms with E-state index in [1.54, 1.807) is 0 Å². The van der Waals surface area contributed by atoms with Crippen molar-refractivity contribution >= 4 is 11.8 Å². The Morgan fingerprint density at radius 1 is 1.50 bits per heavy atom. The Bertz CT molecular complexity index is 462. The first kappa shape index (κ1) is 14.0. The molecule has 6 nitrogen and oxygen atoms in total. The zero-order valence-electron chi connectivity index (χ0n) is 8.99. The fraction of sp³-hybridized carbons (Fsp3) is 0.333. The lowest BCUT2D eigenvalue weighted by Crippen LogP contribution is -2.20. The van der Waals surface area contributed by atoms with Crippen LogP contribution in [0.3, 0.4) is 0 Å². The molecule has 1 rings (SSSR count). The van der Waals surface area contributed by atoms with Gasteiger partial charge >= 0.3 is 12.3 Å². The van der Waals surface area contributed by atoms with Crippen LogP contribution < -0.4 is 16.2 Å². The first-order valence-corrected chi connectivity index (χ1v) is 4.69. The van der Waals surface area contributed by atoms with E-state index in [1.807, 2.05) is 0 Å². The highest BCUT2D eigenvalue weighted by atomic mass is 19.4. The second kappa shape index (κ2) is 5.08. The summed E-state index contributed by atoms with van der Waals surface area (Å²) in [5, 5.41) is 8.56. The highest BCUT2D eigenvalue weighted by Crippen LogP contribution is 2.28. The van der Waals surface area contributed by atoms with Gasteiger partial charge in [-0.1, -0.05) is 0 Å². The number of aliphatic carboxylic acids is 1. The van der Waals surface area contributed by atoms with Crippen LogP contribution in [0.4, 0.5) is 19.0 Å². The highest BCUT2D eigenvalue weighted by Gasteiger charge is 2.33. The van der Waals surface area contributed by atoms with Crippen LogP contribution in [-0.2, 0) is 17.8 Å². The fourth-order valence-corrected chi connectivity index (χ4v) is 1.23. The third-order valence-corrected chi connectivity index (χ3v) is 1.94. The van der Waals surface area contributed by atoms with Crippen molar-refractivity contribution in [2.75, 3.05) is 5.73 Å². The Morgan fingerprint density at radius 3 is 2.56 bits per heavy atom. The van der Waals surface area contributed by atoms with Crippen LogP contribution in [0.15, 0.2) is 6.07 Å². The largest absolute Gasteiger partial charge is 0.573 e. The zero-order valence-corrected chi connectivity index (χ0v) is 8.99. The summed E-state index contributed by atoms with van der Waals surface area (Å²) in [6.07, 6.45) is -5.68. The summed E-state index contributed by atoms with van der Waals surface area (Å²) in [7, 11) is 0. The Labute approximate surface area is 99.4 Å². The SMILES string of the molecule is NCc1cc(OC(F)(F)F)c(CC(=O)O)nc1N. The van der Waals surface area contributed by atoms with Gasteiger partial charge in [0.15, 0.2) is 5.75 Å². The number of nitrogens with two attached hydrogens (primary N) is 2. The second-order valence-corrected chi connectivity index (χ2v) is 3.30. The number of carbonyl (C=O) groups is 1. The summed E-state index contributed by atoms with van der Waals surface area (Å²) in [5.74, 6) is -2.18. The van der Waals surface area contributed by atoms with Gasteiger partial charge in [0.05, 0.1) is 12.1 Å². The Kier molecular flexibility index (Phi) is 3.96. The number of carboxylic acids is 1. The summed E-state index contributed by atoms with van der Waals surface area (Å²) in [5.41, 5.74) is 10.4. The number of rotatable bonds is 4. The molecular formula is C9H10F3N3O3. The van der Waals surface area contributed by atoms with E-state index in [-0.39, 0.29) is 17.9 Å². The van der Waals surface area contributed by atoms with Gasteiger partial charge in [0, 0.05) is 12.1 Å². The van der Waals surface area contributed by atoms with Crippen LogP contribution in [0.2, 0.25) is 0 Å². The fourth-order valence-electron chi connectivity index (χ4n) is 1.23. The number of hydrogen-bond donors (Lipinski definition) is 3. The molecule has 1 aromatic heterocycles. The van der Waals surface area contributed by atoms with Gasteiger partial charge in [0.25, 0.3) is 0 Å². The van der Waals surface area contributed by atoms with Crippen LogP contribution in [0.5, 0.6) is 5.75 Å². The van der Waals surface area contributed by atoms with Gasteiger partial charge in [-0.25, -0.2) is 4.98 Å². The molecule has 0 unspecified atom stereocenters.